The van der Waals surface area contributed by atoms with Crippen LogP contribution in [0, 0.1) is 5.92 Å². The van der Waals surface area contributed by atoms with E-state index in [4.69, 9.17) is 9.84 Å². The molecule has 100 valence electrons. The van der Waals surface area contributed by atoms with Crippen LogP contribution in [0.5, 0.6) is 0 Å². The van der Waals surface area contributed by atoms with Gasteiger partial charge in [-0.05, 0) is 12.8 Å². The molecule has 18 heavy (non-hydrogen) atoms. The summed E-state index contributed by atoms with van der Waals surface area (Å²) in [6.07, 6.45) is 8.43. The lowest BCUT2D eigenvalue weighted by atomic mass is 10.0. The Morgan fingerprint density at radius 3 is 3.11 bits per heavy atom. The minimum Gasteiger partial charge on any atom is -0.395 e. The largest absolute Gasteiger partial charge is 0.395 e. The van der Waals surface area contributed by atoms with E-state index in [1.165, 1.54) is 12.8 Å². The summed E-state index contributed by atoms with van der Waals surface area (Å²) in [5.74, 6) is 0.575. The highest BCUT2D eigenvalue weighted by Crippen LogP contribution is 2.35. The van der Waals surface area contributed by atoms with Crippen LogP contribution in [0.25, 0.3) is 0 Å². The molecule has 2 fully saturated rings. The minimum atomic E-state index is 0.245. The summed E-state index contributed by atoms with van der Waals surface area (Å²) < 4.78 is 8.12. The first kappa shape index (κ1) is 12.1. The molecule has 0 amide bonds. The average molecular weight is 251 g/mol. The highest BCUT2D eigenvalue weighted by Gasteiger charge is 2.42. The van der Waals surface area contributed by atoms with Crippen LogP contribution in [0.4, 0.5) is 0 Å². The number of hydrogen-bond donors (Lipinski definition) is 1. The zero-order chi connectivity index (χ0) is 12.4. The van der Waals surface area contributed by atoms with Crippen LogP contribution in [0.1, 0.15) is 12.8 Å². The molecule has 1 saturated carbocycles. The molecule has 0 bridgehead atoms. The third kappa shape index (κ3) is 2.30. The Labute approximate surface area is 107 Å². The number of aliphatic hydroxyl groups excluding tert-OH is 1. The quantitative estimate of drug-likeness (QED) is 0.839. The first-order valence-electron chi connectivity index (χ1n) is 6.81. The average Bonchev–Trinajstić information content (AvgIpc) is 3.01. The number of aliphatic hydroxyl groups is 1. The molecule has 1 N–H and O–H groups in total. The van der Waals surface area contributed by atoms with Crippen LogP contribution >= 0.6 is 0 Å². The lowest BCUT2D eigenvalue weighted by Crippen LogP contribution is -2.51. The number of aromatic nitrogens is 2. The highest BCUT2D eigenvalue weighted by molar-refractivity contribution is 4.95. The van der Waals surface area contributed by atoms with E-state index >= 15 is 0 Å². The maximum Gasteiger partial charge on any atom is 0.0946 e. The molecule has 3 atom stereocenters. The molecule has 1 aromatic heterocycles. The number of morpholine rings is 1. The van der Waals surface area contributed by atoms with Crippen molar-refractivity contribution >= 4 is 0 Å². The smallest absolute Gasteiger partial charge is 0.0946 e. The molecule has 0 unspecified atom stereocenters. The van der Waals surface area contributed by atoms with E-state index in [0.29, 0.717) is 18.1 Å². The van der Waals surface area contributed by atoms with Gasteiger partial charge in [0.15, 0.2) is 0 Å². The van der Waals surface area contributed by atoms with Crippen molar-refractivity contribution in [3.63, 3.8) is 0 Å². The standard InChI is InChI=1S/C13H21N3O2/c17-7-5-16-6-8-18-13-11(1-2-12(13)16)9-15-4-3-14-10-15/h3-4,10-13,17H,1-2,5-9H2/t11-,12+,13-/m1/s1. The van der Waals surface area contributed by atoms with Gasteiger partial charge < -0.3 is 14.4 Å². The van der Waals surface area contributed by atoms with Gasteiger partial charge in [-0.3, -0.25) is 4.90 Å². The second-order valence-electron chi connectivity index (χ2n) is 5.26. The fraction of sp³-hybridized carbons (Fsp3) is 0.769. The Morgan fingerprint density at radius 1 is 1.39 bits per heavy atom. The summed E-state index contributed by atoms with van der Waals surface area (Å²) in [6.45, 7) is 3.77. The van der Waals surface area contributed by atoms with Gasteiger partial charge in [0.1, 0.15) is 0 Å². The predicted molar refractivity (Wildman–Crippen MR) is 67.1 cm³/mol. The Kier molecular flexibility index (Phi) is 3.63. The van der Waals surface area contributed by atoms with Crippen molar-refractivity contribution in [3.05, 3.63) is 18.7 Å². The molecule has 1 aliphatic carbocycles. The summed E-state index contributed by atoms with van der Waals surface area (Å²) >= 11 is 0. The van der Waals surface area contributed by atoms with Crippen LogP contribution in [-0.4, -0.2) is 58.0 Å². The molecular weight excluding hydrogens is 230 g/mol. The number of ether oxygens (including phenoxy) is 1. The summed E-state index contributed by atoms with van der Waals surface area (Å²) in [6, 6.07) is 0.499. The van der Waals surface area contributed by atoms with Crippen LogP contribution in [0.15, 0.2) is 18.7 Å². The third-order valence-corrected chi connectivity index (χ3v) is 4.23. The summed E-state index contributed by atoms with van der Waals surface area (Å²) in [7, 11) is 0. The lowest BCUT2D eigenvalue weighted by Gasteiger charge is -2.39. The third-order valence-electron chi connectivity index (χ3n) is 4.23. The van der Waals surface area contributed by atoms with Gasteiger partial charge in [0.2, 0.25) is 0 Å². The maximum atomic E-state index is 9.12. The molecule has 1 aromatic rings. The molecule has 1 saturated heterocycles. The summed E-state index contributed by atoms with van der Waals surface area (Å²) in [5.41, 5.74) is 0. The molecule has 1 aliphatic heterocycles. The number of rotatable bonds is 4. The molecule has 2 heterocycles. The molecule has 5 nitrogen and oxygen atoms in total. The van der Waals surface area contributed by atoms with Gasteiger partial charge in [0.25, 0.3) is 0 Å². The summed E-state index contributed by atoms with van der Waals surface area (Å²) in [4.78, 5) is 6.48. The van der Waals surface area contributed by atoms with Crippen LogP contribution in [0.2, 0.25) is 0 Å². The van der Waals surface area contributed by atoms with E-state index in [1.54, 1.807) is 0 Å². The monoisotopic (exact) mass is 251 g/mol. The SMILES string of the molecule is OCCN1CCO[C@@H]2[C@@H](Cn3ccnc3)CC[C@@H]21. The first-order valence-corrected chi connectivity index (χ1v) is 6.81. The van der Waals surface area contributed by atoms with E-state index in [2.05, 4.69) is 14.5 Å². The Bertz CT molecular complexity index is 366. The lowest BCUT2D eigenvalue weighted by molar-refractivity contribution is -0.0785. The fourth-order valence-electron chi connectivity index (χ4n) is 3.40. The molecule has 0 radical (unpaired) electrons. The van der Waals surface area contributed by atoms with Gasteiger partial charge in [-0.15, -0.1) is 0 Å². The van der Waals surface area contributed by atoms with Crippen LogP contribution < -0.4 is 0 Å². The van der Waals surface area contributed by atoms with Crippen molar-refractivity contribution in [1.29, 1.82) is 0 Å². The maximum absolute atomic E-state index is 9.12. The summed E-state index contributed by atoms with van der Waals surface area (Å²) in [5, 5.41) is 9.12. The van der Waals surface area contributed by atoms with Gasteiger partial charge >= 0.3 is 0 Å². The highest BCUT2D eigenvalue weighted by atomic mass is 16.5. The topological polar surface area (TPSA) is 50.5 Å². The molecule has 0 spiro atoms. The van der Waals surface area contributed by atoms with Crippen molar-refractivity contribution in [1.82, 2.24) is 14.5 Å². The Balaban J connectivity index is 1.65. The van der Waals surface area contributed by atoms with Crippen molar-refractivity contribution in [3.8, 4) is 0 Å². The van der Waals surface area contributed by atoms with E-state index in [9.17, 15) is 0 Å². The number of fused-ring (bicyclic) bond motifs is 1. The molecule has 5 heteroatoms. The zero-order valence-corrected chi connectivity index (χ0v) is 10.6. The van der Waals surface area contributed by atoms with Crippen LogP contribution in [0.3, 0.4) is 0 Å². The van der Waals surface area contributed by atoms with Crippen molar-refractivity contribution in [2.75, 3.05) is 26.3 Å². The predicted octanol–water partition coefficient (Wildman–Crippen LogP) is 0.355. The van der Waals surface area contributed by atoms with Gasteiger partial charge in [-0.2, -0.15) is 0 Å². The first-order chi connectivity index (χ1) is 8.88. The second kappa shape index (κ2) is 5.38. The number of hydrogen-bond acceptors (Lipinski definition) is 4. The van der Waals surface area contributed by atoms with Gasteiger partial charge in [0, 0.05) is 44.0 Å². The van der Waals surface area contributed by atoms with Crippen LogP contribution in [-0.2, 0) is 11.3 Å². The number of nitrogens with zero attached hydrogens (tertiary/aromatic N) is 3. The van der Waals surface area contributed by atoms with Gasteiger partial charge in [-0.1, -0.05) is 0 Å². The van der Waals surface area contributed by atoms with E-state index in [1.807, 2.05) is 18.7 Å². The van der Waals surface area contributed by atoms with Crippen molar-refractivity contribution in [2.24, 2.45) is 5.92 Å². The van der Waals surface area contributed by atoms with Crippen molar-refractivity contribution in [2.45, 2.75) is 31.5 Å². The van der Waals surface area contributed by atoms with Gasteiger partial charge in [0.05, 0.1) is 25.6 Å². The molecule has 0 aromatic carbocycles. The molecular formula is C13H21N3O2. The minimum absolute atomic E-state index is 0.245. The molecule has 3 rings (SSSR count). The Morgan fingerprint density at radius 2 is 2.33 bits per heavy atom. The number of imidazole rings is 1. The fourth-order valence-corrected chi connectivity index (χ4v) is 3.40. The zero-order valence-electron chi connectivity index (χ0n) is 10.6. The molecule has 2 aliphatic rings. The van der Waals surface area contributed by atoms with E-state index < -0.39 is 0 Å². The number of β-amino-alcohol motifs (C(OH)–C–C–N with tert-alkyl or cyclic N) is 1. The normalized spacial score (nSPS) is 32.6. The van der Waals surface area contributed by atoms with Crippen molar-refractivity contribution < 1.29 is 9.84 Å². The second-order valence-corrected chi connectivity index (χ2v) is 5.26. The Hall–Kier alpha value is -0.910. The van der Waals surface area contributed by atoms with E-state index in [0.717, 1.165) is 26.2 Å². The van der Waals surface area contributed by atoms with Gasteiger partial charge in [-0.25, -0.2) is 4.98 Å². The van der Waals surface area contributed by atoms with E-state index in [-0.39, 0.29) is 6.61 Å².